The van der Waals surface area contributed by atoms with Crippen LogP contribution in [0.25, 0.3) is 0 Å². The van der Waals surface area contributed by atoms with Crippen molar-refractivity contribution in [3.8, 4) is 0 Å². The maximum absolute atomic E-state index is 13.6. The van der Waals surface area contributed by atoms with Crippen LogP contribution in [0.3, 0.4) is 0 Å². The molecule has 1 spiro atoms. The molecule has 3 unspecified atom stereocenters. The normalized spacial score (nSPS) is 37.1. The molecule has 1 saturated carbocycles. The van der Waals surface area contributed by atoms with Gasteiger partial charge in [-0.3, -0.25) is 9.59 Å². The molecule has 1 aromatic heterocycles. The number of rotatable bonds is 2. The number of alkyl halides is 3. The van der Waals surface area contributed by atoms with E-state index in [2.05, 4.69) is 19.2 Å². The molecule has 1 amide bonds. The number of nitrogens with one attached hydrogen (secondary N) is 1. The standard InChI is InChI=1S/C23H30F3N3O3/c1-13-12-32-6-4-18(13)27-16-3-5-22(9-16)14(2)19-11-28-17(10-29(19)21(22)31)7-15(8-20(28)30)23(24,25)26/h7-8,13-14,16,18-19,27H,3-6,9-12H2,1-2H3/t13-,14?,16+,18?,19?,22-/m0/s1. The lowest BCUT2D eigenvalue weighted by Crippen LogP contribution is -2.46. The van der Waals surface area contributed by atoms with Crippen molar-refractivity contribution in [1.82, 2.24) is 14.8 Å². The minimum absolute atomic E-state index is 0.0374. The lowest BCUT2D eigenvalue weighted by Gasteiger charge is -2.34. The van der Waals surface area contributed by atoms with Gasteiger partial charge in [-0.05, 0) is 43.6 Å². The van der Waals surface area contributed by atoms with Crippen LogP contribution in [0.4, 0.5) is 13.2 Å². The molecule has 2 saturated heterocycles. The summed E-state index contributed by atoms with van der Waals surface area (Å²) in [6, 6.07) is 2.15. The van der Waals surface area contributed by atoms with E-state index in [1.165, 1.54) is 4.57 Å². The predicted octanol–water partition coefficient (Wildman–Crippen LogP) is 2.78. The van der Waals surface area contributed by atoms with E-state index >= 15 is 0 Å². The van der Waals surface area contributed by atoms with Gasteiger partial charge in [0.25, 0.3) is 5.56 Å². The number of aromatic nitrogens is 1. The molecule has 176 valence electrons. The minimum Gasteiger partial charge on any atom is -0.381 e. The zero-order chi connectivity index (χ0) is 22.8. The van der Waals surface area contributed by atoms with Gasteiger partial charge in [0.1, 0.15) is 0 Å². The molecule has 4 heterocycles. The first kappa shape index (κ1) is 21.9. The molecule has 5 rings (SSSR count). The van der Waals surface area contributed by atoms with E-state index in [-0.39, 0.29) is 42.7 Å². The smallest absolute Gasteiger partial charge is 0.381 e. The zero-order valence-corrected chi connectivity index (χ0v) is 18.5. The second-order valence-electron chi connectivity index (χ2n) is 10.2. The molecule has 3 fully saturated rings. The van der Waals surface area contributed by atoms with E-state index in [4.69, 9.17) is 4.74 Å². The average Bonchev–Trinajstić information content (AvgIpc) is 3.25. The van der Waals surface area contributed by atoms with E-state index in [1.807, 2.05) is 0 Å². The molecule has 6 nitrogen and oxygen atoms in total. The second-order valence-corrected chi connectivity index (χ2v) is 10.2. The van der Waals surface area contributed by atoms with E-state index in [9.17, 15) is 22.8 Å². The quantitative estimate of drug-likeness (QED) is 0.748. The number of fused-ring (bicyclic) bond motifs is 2. The van der Waals surface area contributed by atoms with Crippen LogP contribution in [0.2, 0.25) is 0 Å². The third-order valence-corrected chi connectivity index (χ3v) is 8.42. The highest BCUT2D eigenvalue weighted by Crippen LogP contribution is 2.54. The highest BCUT2D eigenvalue weighted by molar-refractivity contribution is 5.86. The molecule has 0 aromatic carbocycles. The monoisotopic (exact) mass is 453 g/mol. The first-order valence-corrected chi connectivity index (χ1v) is 11.6. The Morgan fingerprint density at radius 2 is 1.97 bits per heavy atom. The molecule has 1 N–H and O–H groups in total. The van der Waals surface area contributed by atoms with Crippen LogP contribution in [0.5, 0.6) is 0 Å². The number of ether oxygens (including phenoxy) is 1. The van der Waals surface area contributed by atoms with Gasteiger partial charge in [0.15, 0.2) is 0 Å². The van der Waals surface area contributed by atoms with Crippen LogP contribution >= 0.6 is 0 Å². The lowest BCUT2D eigenvalue weighted by molar-refractivity contribution is -0.138. The number of hydrogen-bond acceptors (Lipinski definition) is 4. The summed E-state index contributed by atoms with van der Waals surface area (Å²) in [7, 11) is 0. The lowest BCUT2D eigenvalue weighted by atomic mass is 9.74. The van der Waals surface area contributed by atoms with Crippen molar-refractivity contribution in [2.45, 2.75) is 76.9 Å². The molecule has 32 heavy (non-hydrogen) atoms. The molecule has 9 heteroatoms. The van der Waals surface area contributed by atoms with Gasteiger partial charge < -0.3 is 19.5 Å². The maximum Gasteiger partial charge on any atom is 0.416 e. The van der Waals surface area contributed by atoms with Crippen molar-refractivity contribution in [2.75, 3.05) is 13.2 Å². The highest BCUT2D eigenvalue weighted by Gasteiger charge is 2.60. The fraction of sp³-hybridized carbons (Fsp3) is 0.739. The minimum atomic E-state index is -4.58. The Morgan fingerprint density at radius 1 is 1.19 bits per heavy atom. The van der Waals surface area contributed by atoms with Crippen molar-refractivity contribution in [1.29, 1.82) is 0 Å². The van der Waals surface area contributed by atoms with Crippen molar-refractivity contribution in [2.24, 2.45) is 17.3 Å². The Bertz CT molecular complexity index is 977. The van der Waals surface area contributed by atoms with E-state index < -0.39 is 22.7 Å². The Labute approximate surface area is 185 Å². The van der Waals surface area contributed by atoms with Crippen molar-refractivity contribution < 1.29 is 22.7 Å². The Kier molecular flexibility index (Phi) is 5.20. The highest BCUT2D eigenvalue weighted by atomic mass is 19.4. The summed E-state index contributed by atoms with van der Waals surface area (Å²) in [6.45, 7) is 6.06. The molecular weight excluding hydrogens is 423 g/mol. The first-order valence-electron chi connectivity index (χ1n) is 11.6. The zero-order valence-electron chi connectivity index (χ0n) is 18.5. The number of carbonyl (C=O) groups excluding carboxylic acids is 1. The summed E-state index contributed by atoms with van der Waals surface area (Å²) in [5, 5.41) is 3.76. The summed E-state index contributed by atoms with van der Waals surface area (Å²) >= 11 is 0. The molecular formula is C23H30F3N3O3. The van der Waals surface area contributed by atoms with Crippen LogP contribution in [-0.4, -0.2) is 46.7 Å². The topological polar surface area (TPSA) is 63.6 Å². The molecule has 3 aliphatic heterocycles. The summed E-state index contributed by atoms with van der Waals surface area (Å²) in [5.74, 6) is 0.499. The summed E-state index contributed by atoms with van der Waals surface area (Å²) in [6.07, 6.45) is -1.20. The van der Waals surface area contributed by atoms with E-state index in [1.54, 1.807) is 4.90 Å². The molecule has 1 aliphatic carbocycles. The van der Waals surface area contributed by atoms with Crippen LogP contribution in [0.1, 0.15) is 50.8 Å². The number of hydrogen-bond donors (Lipinski definition) is 1. The van der Waals surface area contributed by atoms with Gasteiger partial charge in [0.05, 0.1) is 30.2 Å². The van der Waals surface area contributed by atoms with E-state index in [0.717, 1.165) is 45.0 Å². The fourth-order valence-electron chi connectivity index (χ4n) is 6.49. The first-order chi connectivity index (χ1) is 15.1. The molecule has 0 bridgehead atoms. The summed E-state index contributed by atoms with van der Waals surface area (Å²) in [5.41, 5.74) is -1.83. The third kappa shape index (κ3) is 3.39. The van der Waals surface area contributed by atoms with Gasteiger partial charge in [-0.15, -0.1) is 0 Å². The Balaban J connectivity index is 1.37. The largest absolute Gasteiger partial charge is 0.416 e. The van der Waals surface area contributed by atoms with Crippen molar-refractivity contribution >= 4 is 5.91 Å². The second kappa shape index (κ2) is 7.58. The van der Waals surface area contributed by atoms with Gasteiger partial charge in [0, 0.05) is 37.0 Å². The SMILES string of the molecule is CC1C2Cn3c(cc(C(F)(F)F)cc3=O)CN2C(=O)[C@]12CC[C@@H](NC1CCOC[C@@H]1C)C2. The van der Waals surface area contributed by atoms with Crippen molar-refractivity contribution in [3.05, 3.63) is 33.7 Å². The Morgan fingerprint density at radius 3 is 2.69 bits per heavy atom. The summed E-state index contributed by atoms with van der Waals surface area (Å²) < 4.78 is 46.6. The number of amides is 1. The number of halogens is 3. The van der Waals surface area contributed by atoms with Gasteiger partial charge in [0.2, 0.25) is 5.91 Å². The van der Waals surface area contributed by atoms with Crippen LogP contribution in [0, 0.1) is 17.3 Å². The fourth-order valence-corrected chi connectivity index (χ4v) is 6.49. The van der Waals surface area contributed by atoms with Crippen LogP contribution in [0.15, 0.2) is 16.9 Å². The van der Waals surface area contributed by atoms with Crippen LogP contribution in [-0.2, 0) is 28.8 Å². The number of pyridine rings is 1. The van der Waals surface area contributed by atoms with Gasteiger partial charge in [-0.25, -0.2) is 0 Å². The molecule has 6 atom stereocenters. The molecule has 0 radical (unpaired) electrons. The van der Waals surface area contributed by atoms with Gasteiger partial charge in [-0.1, -0.05) is 13.8 Å². The Hall–Kier alpha value is -1.87. The van der Waals surface area contributed by atoms with Crippen LogP contribution < -0.4 is 10.9 Å². The third-order valence-electron chi connectivity index (χ3n) is 8.42. The van der Waals surface area contributed by atoms with Crippen molar-refractivity contribution in [3.63, 3.8) is 0 Å². The molecule has 1 aromatic rings. The summed E-state index contributed by atoms with van der Waals surface area (Å²) in [4.78, 5) is 27.8. The van der Waals surface area contributed by atoms with Gasteiger partial charge in [-0.2, -0.15) is 13.2 Å². The van der Waals surface area contributed by atoms with Gasteiger partial charge >= 0.3 is 6.18 Å². The predicted molar refractivity (Wildman–Crippen MR) is 111 cm³/mol. The number of carbonyl (C=O) groups is 1. The maximum atomic E-state index is 13.6. The average molecular weight is 454 g/mol. The molecule has 4 aliphatic rings. The van der Waals surface area contributed by atoms with E-state index in [0.29, 0.717) is 18.0 Å². The number of nitrogens with zero attached hydrogens (tertiary/aromatic N) is 2.